The first kappa shape index (κ1) is 37.1. The summed E-state index contributed by atoms with van der Waals surface area (Å²) < 4.78 is 17.6. The molecular formula is C35H46N4O11. The Balaban J connectivity index is 1.60. The largest absolute Gasteiger partial charge is 0.507 e. The molecule has 10 N–H and O–H groups in total. The lowest BCUT2D eigenvalue weighted by Crippen LogP contribution is -2.59. The Morgan fingerprint density at radius 1 is 1.10 bits per heavy atom. The van der Waals surface area contributed by atoms with Crippen LogP contribution in [0.25, 0.3) is 0 Å². The van der Waals surface area contributed by atoms with E-state index < -0.39 is 94.3 Å². The van der Waals surface area contributed by atoms with Gasteiger partial charge in [0.25, 0.3) is 0 Å². The molecular weight excluding hydrogens is 652 g/mol. The van der Waals surface area contributed by atoms with Crippen molar-refractivity contribution in [2.24, 2.45) is 17.4 Å². The van der Waals surface area contributed by atoms with Gasteiger partial charge in [-0.3, -0.25) is 19.2 Å². The molecule has 0 bridgehead atoms. The van der Waals surface area contributed by atoms with Crippen LogP contribution in [0.1, 0.15) is 96.0 Å². The molecule has 0 aromatic heterocycles. The van der Waals surface area contributed by atoms with Crippen LogP contribution in [-0.2, 0) is 25.5 Å². The predicted molar refractivity (Wildman–Crippen MR) is 178 cm³/mol. The molecule has 5 rings (SSSR count). The van der Waals surface area contributed by atoms with Crippen molar-refractivity contribution < 1.29 is 53.8 Å². The maximum Gasteiger partial charge on any atom is 0.237 e. The van der Waals surface area contributed by atoms with Crippen molar-refractivity contribution in [2.45, 2.75) is 102 Å². The number of hydrogen-bond acceptors (Lipinski definition) is 13. The van der Waals surface area contributed by atoms with Gasteiger partial charge in [0.05, 0.1) is 60.3 Å². The van der Waals surface area contributed by atoms with Gasteiger partial charge in [-0.1, -0.05) is 26.0 Å². The molecule has 15 nitrogen and oxygen atoms in total. The number of ether oxygens (including phenoxy) is 3. The molecule has 2 amide bonds. The molecule has 2 aliphatic carbocycles. The molecule has 1 aliphatic heterocycles. The number of carbonyl (C=O) groups is 4. The Labute approximate surface area is 289 Å². The highest BCUT2D eigenvalue weighted by atomic mass is 16.7. The van der Waals surface area contributed by atoms with Crippen molar-refractivity contribution in [3.05, 3.63) is 51.6 Å². The Kier molecular flexibility index (Phi) is 10.6. The van der Waals surface area contributed by atoms with E-state index in [0.29, 0.717) is 6.42 Å². The van der Waals surface area contributed by atoms with E-state index in [-0.39, 0.29) is 59.7 Å². The average Bonchev–Trinajstić information content (AvgIpc) is 3.05. The molecule has 2 aromatic rings. The number of fused-ring (bicyclic) bond motifs is 3. The van der Waals surface area contributed by atoms with Gasteiger partial charge in [-0.05, 0) is 32.3 Å². The topological polar surface area (TPSA) is 253 Å². The number of phenols is 2. The predicted octanol–water partition coefficient (Wildman–Crippen LogP) is 0.434. The van der Waals surface area contributed by atoms with Crippen LogP contribution in [0, 0.1) is 5.92 Å². The van der Waals surface area contributed by atoms with Crippen molar-refractivity contribution in [2.75, 3.05) is 13.7 Å². The fourth-order valence-electron chi connectivity index (χ4n) is 7.23. The van der Waals surface area contributed by atoms with Gasteiger partial charge in [0.15, 0.2) is 12.1 Å². The highest BCUT2D eigenvalue weighted by Crippen LogP contribution is 2.53. The molecule has 0 saturated carbocycles. The van der Waals surface area contributed by atoms with Crippen LogP contribution in [0.3, 0.4) is 0 Å². The summed E-state index contributed by atoms with van der Waals surface area (Å²) in [5.74, 6) is -3.79. The van der Waals surface area contributed by atoms with Gasteiger partial charge < -0.3 is 56.7 Å². The Hall–Kier alpha value is -4.12. The van der Waals surface area contributed by atoms with Crippen LogP contribution in [0.2, 0.25) is 0 Å². The van der Waals surface area contributed by atoms with Gasteiger partial charge in [0.1, 0.15) is 17.2 Å². The van der Waals surface area contributed by atoms with Crippen molar-refractivity contribution in [3.63, 3.8) is 0 Å². The van der Waals surface area contributed by atoms with Crippen molar-refractivity contribution >= 4 is 23.4 Å². The third kappa shape index (κ3) is 6.81. The highest BCUT2D eigenvalue weighted by Gasteiger charge is 2.50. The number of hydrogen-bond donors (Lipinski definition) is 8. The number of nitrogens with two attached hydrogens (primary N) is 2. The van der Waals surface area contributed by atoms with Crippen molar-refractivity contribution in [3.8, 4) is 17.2 Å². The zero-order valence-electron chi connectivity index (χ0n) is 28.7. The van der Waals surface area contributed by atoms with Crippen molar-refractivity contribution in [1.82, 2.24) is 10.6 Å². The van der Waals surface area contributed by atoms with Crippen LogP contribution in [0.4, 0.5) is 0 Å². The molecule has 2 aromatic carbocycles. The number of phenolic OH excluding ortho intramolecular Hbond substituents is 2. The highest BCUT2D eigenvalue weighted by molar-refractivity contribution is 6.31. The SMILES string of the molecule is COc1cccc2c1C(=O)c1c(O)c3c(c(O)c1C2=O)CC(O)(C(C)NC(CC(C)C)C(=O)NCC(N)=O)CC3OC1CC(N)C(O)C(C)O1. The summed E-state index contributed by atoms with van der Waals surface area (Å²) in [5, 5.41) is 52.1. The van der Waals surface area contributed by atoms with E-state index in [9.17, 15) is 39.6 Å². The number of aliphatic hydroxyl groups excluding tert-OH is 1. The molecule has 8 unspecified atom stereocenters. The molecule has 1 heterocycles. The number of aliphatic hydroxyl groups is 2. The molecule has 1 saturated heterocycles. The van der Waals surface area contributed by atoms with Gasteiger partial charge in [0.2, 0.25) is 17.6 Å². The zero-order valence-corrected chi connectivity index (χ0v) is 28.7. The second kappa shape index (κ2) is 14.2. The Morgan fingerprint density at radius 3 is 2.40 bits per heavy atom. The van der Waals surface area contributed by atoms with Gasteiger partial charge in [-0.25, -0.2) is 0 Å². The fraction of sp³-hybridized carbons (Fsp3) is 0.543. The molecule has 3 aliphatic rings. The van der Waals surface area contributed by atoms with E-state index in [2.05, 4.69) is 10.6 Å². The number of ketones is 2. The Bertz CT molecular complexity index is 1690. The smallest absolute Gasteiger partial charge is 0.237 e. The first-order valence-electron chi connectivity index (χ1n) is 16.6. The number of amides is 2. The summed E-state index contributed by atoms with van der Waals surface area (Å²) in [4.78, 5) is 52.3. The second-order valence-corrected chi connectivity index (χ2v) is 13.9. The molecule has 15 heteroatoms. The third-order valence-corrected chi connectivity index (χ3v) is 9.89. The van der Waals surface area contributed by atoms with Crippen LogP contribution in [0.15, 0.2) is 18.2 Å². The second-order valence-electron chi connectivity index (χ2n) is 13.9. The summed E-state index contributed by atoms with van der Waals surface area (Å²) >= 11 is 0. The standard InChI is InChI=1S/C35H46N4O11/c1-14(2)9-20(34(46)38-13-23(37)40)39-16(4)35(47)11-18-26(22(12-35)50-24-10-19(36)29(41)15(3)49-24)33(45)28-27(31(18)43)30(42)17-7-6-8-21(48-5)25(17)32(28)44/h6-8,14-16,19-20,22,24,29,39,41,43,45,47H,9-13,36H2,1-5H3,(H2,37,40)(H,38,46). The maximum atomic E-state index is 14.0. The van der Waals surface area contributed by atoms with E-state index in [1.807, 2.05) is 13.8 Å². The van der Waals surface area contributed by atoms with Gasteiger partial charge in [-0.2, -0.15) is 0 Å². The summed E-state index contributed by atoms with van der Waals surface area (Å²) in [7, 11) is 1.34. The summed E-state index contributed by atoms with van der Waals surface area (Å²) in [6, 6.07) is 1.97. The minimum absolute atomic E-state index is 0.0218. The number of benzene rings is 2. The van der Waals surface area contributed by atoms with Crippen LogP contribution < -0.4 is 26.8 Å². The Morgan fingerprint density at radius 2 is 1.78 bits per heavy atom. The number of aromatic hydroxyl groups is 2. The first-order valence-corrected chi connectivity index (χ1v) is 16.6. The van der Waals surface area contributed by atoms with E-state index in [4.69, 9.17) is 25.7 Å². The molecule has 50 heavy (non-hydrogen) atoms. The van der Waals surface area contributed by atoms with E-state index in [0.717, 1.165) is 0 Å². The third-order valence-electron chi connectivity index (χ3n) is 9.89. The first-order chi connectivity index (χ1) is 23.5. The van der Waals surface area contributed by atoms with E-state index in [1.54, 1.807) is 13.8 Å². The number of carbonyl (C=O) groups excluding carboxylic acids is 4. The quantitative estimate of drug-likeness (QED) is 0.127. The molecule has 272 valence electrons. The molecule has 8 atom stereocenters. The fourth-order valence-corrected chi connectivity index (χ4v) is 7.23. The number of methoxy groups -OCH3 is 1. The molecule has 0 spiro atoms. The lowest BCUT2D eigenvalue weighted by Gasteiger charge is -2.45. The van der Waals surface area contributed by atoms with Gasteiger partial charge >= 0.3 is 0 Å². The van der Waals surface area contributed by atoms with Gasteiger partial charge in [-0.15, -0.1) is 0 Å². The van der Waals surface area contributed by atoms with Gasteiger partial charge in [0, 0.05) is 48.0 Å². The summed E-state index contributed by atoms with van der Waals surface area (Å²) in [5.41, 5.74) is 8.58. The average molecular weight is 699 g/mol. The molecule has 1 fully saturated rings. The summed E-state index contributed by atoms with van der Waals surface area (Å²) in [6.45, 7) is 6.67. The minimum Gasteiger partial charge on any atom is -0.507 e. The zero-order chi connectivity index (χ0) is 36.8. The maximum absolute atomic E-state index is 14.0. The monoisotopic (exact) mass is 698 g/mol. The molecule has 0 radical (unpaired) electrons. The normalized spacial score (nSPS) is 27.2. The summed E-state index contributed by atoms with van der Waals surface area (Å²) in [6.07, 6.45) is -4.16. The van der Waals surface area contributed by atoms with Crippen LogP contribution in [-0.4, -0.2) is 99.7 Å². The number of rotatable bonds is 11. The minimum atomic E-state index is -1.79. The van der Waals surface area contributed by atoms with Crippen LogP contribution in [0.5, 0.6) is 17.2 Å². The van der Waals surface area contributed by atoms with E-state index >= 15 is 0 Å². The van der Waals surface area contributed by atoms with Crippen LogP contribution >= 0.6 is 0 Å². The van der Waals surface area contributed by atoms with E-state index in [1.165, 1.54) is 25.3 Å². The van der Waals surface area contributed by atoms with Crippen molar-refractivity contribution in [1.29, 1.82) is 0 Å². The number of primary amides is 1. The lowest BCUT2D eigenvalue weighted by molar-refractivity contribution is -0.248. The lowest BCUT2D eigenvalue weighted by atomic mass is 9.71. The number of nitrogens with one attached hydrogen (secondary N) is 2.